The molecule has 0 saturated carbocycles. The lowest BCUT2D eigenvalue weighted by atomic mass is 10.5. The maximum Gasteiger partial charge on any atom is 0.218 e. The Labute approximate surface area is 71.3 Å². The summed E-state index contributed by atoms with van der Waals surface area (Å²) in [6.07, 6.45) is 0.706. The topological polar surface area (TPSA) is 103 Å². The predicted octanol–water partition coefficient (Wildman–Crippen LogP) is -0.435. The van der Waals surface area contributed by atoms with E-state index >= 15 is 0 Å². The van der Waals surface area contributed by atoms with Crippen molar-refractivity contribution < 1.29 is 14.2 Å². The van der Waals surface area contributed by atoms with E-state index in [9.17, 15) is 14.2 Å². The third-order valence-corrected chi connectivity index (χ3v) is 2.66. The van der Waals surface area contributed by atoms with E-state index in [1.807, 2.05) is 0 Å². The highest BCUT2D eigenvalue weighted by atomic mass is 31.1. The summed E-state index contributed by atoms with van der Waals surface area (Å²) < 4.78 is 11.0. The molecule has 0 aromatic rings. The quantitative estimate of drug-likeness (QED) is 0.556. The first-order valence-corrected chi connectivity index (χ1v) is 5.14. The average molecular weight is 191 g/mol. The van der Waals surface area contributed by atoms with Gasteiger partial charge in [0.15, 0.2) is 0 Å². The second-order valence-electron chi connectivity index (χ2n) is 2.36. The Balaban J connectivity index is 3.47. The van der Waals surface area contributed by atoms with Gasteiger partial charge in [-0.2, -0.15) is 0 Å². The molecule has 2 amide bonds. The molecule has 5 nitrogen and oxygen atoms in total. The van der Waals surface area contributed by atoms with Gasteiger partial charge in [0.05, 0.1) is 7.80 Å². The van der Waals surface area contributed by atoms with E-state index in [1.54, 1.807) is 0 Å². The highest BCUT2D eigenvalue weighted by Crippen LogP contribution is 2.21. The number of hydrogen-bond acceptors (Lipinski definition) is 3. The molecular weight excluding hydrogens is 179 g/mol. The zero-order valence-corrected chi connectivity index (χ0v) is 7.55. The summed E-state index contributed by atoms with van der Waals surface area (Å²) in [4.78, 5) is 20.5. The van der Waals surface area contributed by atoms with Crippen molar-refractivity contribution in [2.24, 2.45) is 11.5 Å². The van der Waals surface area contributed by atoms with Crippen LogP contribution in [0.1, 0.15) is 12.8 Å². The molecule has 0 aliphatic carbocycles. The lowest BCUT2D eigenvalue weighted by Crippen LogP contribution is -2.13. The van der Waals surface area contributed by atoms with Gasteiger partial charge in [-0.3, -0.25) is 14.2 Å². The minimum atomic E-state index is -1.50. The molecule has 0 aromatic heterocycles. The fourth-order valence-electron chi connectivity index (χ4n) is 0.582. The van der Waals surface area contributed by atoms with Crippen molar-refractivity contribution in [1.82, 2.24) is 0 Å². The normalized spacial score (nSPS) is 9.33. The van der Waals surface area contributed by atoms with Gasteiger partial charge < -0.3 is 11.5 Å². The van der Waals surface area contributed by atoms with Crippen LogP contribution in [-0.2, 0) is 14.2 Å². The minimum absolute atomic E-state index is 0.105. The van der Waals surface area contributed by atoms with Gasteiger partial charge in [-0.25, -0.2) is 0 Å². The van der Waals surface area contributed by atoms with E-state index in [0.29, 0.717) is 0 Å². The molecule has 69 valence electrons. The van der Waals surface area contributed by atoms with Crippen molar-refractivity contribution in [2.75, 3.05) is 12.3 Å². The number of nitrogens with two attached hydrogens (primary N) is 2. The Kier molecular flexibility index (Phi) is 5.21. The Morgan fingerprint density at radius 1 is 1.00 bits per heavy atom. The monoisotopic (exact) mass is 191 g/mol. The van der Waals surface area contributed by atoms with Crippen LogP contribution in [0.2, 0.25) is 0 Å². The minimum Gasteiger partial charge on any atom is -0.370 e. The van der Waals surface area contributed by atoms with Crippen LogP contribution in [0.25, 0.3) is 0 Å². The second kappa shape index (κ2) is 5.66. The highest BCUT2D eigenvalue weighted by molar-refractivity contribution is 7.44. The molecule has 12 heavy (non-hydrogen) atoms. The molecule has 6 heteroatoms. The van der Waals surface area contributed by atoms with Crippen molar-refractivity contribution in [2.45, 2.75) is 12.8 Å². The number of amides is 2. The van der Waals surface area contributed by atoms with E-state index in [4.69, 9.17) is 11.5 Å². The van der Waals surface area contributed by atoms with E-state index < -0.39 is 19.6 Å². The van der Waals surface area contributed by atoms with Crippen LogP contribution in [0.15, 0.2) is 0 Å². The van der Waals surface area contributed by atoms with Crippen molar-refractivity contribution in [3.05, 3.63) is 0 Å². The summed E-state index contributed by atoms with van der Waals surface area (Å²) >= 11 is 0. The molecule has 0 aliphatic heterocycles. The first kappa shape index (κ1) is 11.0. The highest BCUT2D eigenvalue weighted by Gasteiger charge is 2.04. The number of primary amides is 2. The lowest BCUT2D eigenvalue weighted by Gasteiger charge is -1.96. The van der Waals surface area contributed by atoms with Gasteiger partial charge in [0.2, 0.25) is 11.8 Å². The molecule has 0 aromatic carbocycles. The SMILES string of the molecule is NC(=O)CC[P](=O)CCC(N)=O. The number of carbonyl (C=O) groups excluding carboxylic acids is 2. The maximum atomic E-state index is 11.0. The number of rotatable bonds is 6. The molecule has 0 heterocycles. The fourth-order valence-corrected chi connectivity index (χ4v) is 1.74. The van der Waals surface area contributed by atoms with E-state index in [-0.39, 0.29) is 25.2 Å². The summed E-state index contributed by atoms with van der Waals surface area (Å²) in [6.45, 7) is 0. The van der Waals surface area contributed by atoms with E-state index in [0.717, 1.165) is 0 Å². The maximum absolute atomic E-state index is 11.0. The van der Waals surface area contributed by atoms with Gasteiger partial charge in [0.25, 0.3) is 0 Å². The molecule has 4 N–H and O–H groups in total. The second-order valence-corrected chi connectivity index (χ2v) is 4.22. The molecule has 1 radical (unpaired) electrons. The molecule has 0 atom stereocenters. The smallest absolute Gasteiger partial charge is 0.218 e. The molecule has 0 rings (SSSR count). The number of carbonyl (C=O) groups is 2. The molecule has 0 aliphatic rings. The standard InChI is InChI=1S/C6H12N2O3P/c7-5(9)1-3-12(11)4-2-6(8)10/h1-4H2,(H2,7,9)(H2,8,10). The van der Waals surface area contributed by atoms with Crippen LogP contribution >= 0.6 is 7.80 Å². The molecule has 0 fully saturated rings. The van der Waals surface area contributed by atoms with Gasteiger partial charge in [0.1, 0.15) is 0 Å². The molecule has 0 bridgehead atoms. The summed E-state index contributed by atoms with van der Waals surface area (Å²) in [7, 11) is -1.50. The lowest BCUT2D eigenvalue weighted by molar-refractivity contribution is -0.118. The summed E-state index contributed by atoms with van der Waals surface area (Å²) in [5.41, 5.74) is 9.68. The van der Waals surface area contributed by atoms with Gasteiger partial charge >= 0.3 is 0 Å². The first-order chi connectivity index (χ1) is 5.52. The van der Waals surface area contributed by atoms with Crippen molar-refractivity contribution in [3.8, 4) is 0 Å². The number of hydrogen-bond donors (Lipinski definition) is 2. The van der Waals surface area contributed by atoms with Crippen LogP contribution in [0.4, 0.5) is 0 Å². The fraction of sp³-hybridized carbons (Fsp3) is 0.667. The molecule has 0 spiro atoms. The van der Waals surface area contributed by atoms with Crippen molar-refractivity contribution in [1.29, 1.82) is 0 Å². The zero-order chi connectivity index (χ0) is 9.56. The largest absolute Gasteiger partial charge is 0.370 e. The Morgan fingerprint density at radius 2 is 1.33 bits per heavy atom. The average Bonchev–Trinajstić information content (AvgIpc) is 1.96. The Hall–Kier alpha value is -0.960. The summed E-state index contributed by atoms with van der Waals surface area (Å²) in [5, 5.41) is 0. The predicted molar refractivity (Wildman–Crippen MR) is 45.0 cm³/mol. The van der Waals surface area contributed by atoms with Crippen LogP contribution < -0.4 is 11.5 Å². The molecule has 0 unspecified atom stereocenters. The molecule has 0 saturated heterocycles. The van der Waals surface area contributed by atoms with Gasteiger partial charge in [-0.1, -0.05) is 0 Å². The van der Waals surface area contributed by atoms with Crippen LogP contribution in [0.5, 0.6) is 0 Å². The van der Waals surface area contributed by atoms with Gasteiger partial charge in [0, 0.05) is 25.2 Å². The van der Waals surface area contributed by atoms with Gasteiger partial charge in [-0.05, 0) is 0 Å². The van der Waals surface area contributed by atoms with E-state index in [2.05, 4.69) is 0 Å². The van der Waals surface area contributed by atoms with Crippen LogP contribution in [-0.4, -0.2) is 24.1 Å². The van der Waals surface area contributed by atoms with Crippen LogP contribution in [0.3, 0.4) is 0 Å². The zero-order valence-electron chi connectivity index (χ0n) is 6.66. The van der Waals surface area contributed by atoms with Gasteiger partial charge in [-0.15, -0.1) is 0 Å². The third-order valence-electron chi connectivity index (χ3n) is 1.22. The van der Waals surface area contributed by atoms with Crippen LogP contribution in [0, 0.1) is 0 Å². The van der Waals surface area contributed by atoms with Crippen molar-refractivity contribution in [3.63, 3.8) is 0 Å². The summed E-state index contributed by atoms with van der Waals surface area (Å²) in [5.74, 6) is -0.949. The Bertz CT molecular complexity index is 185. The van der Waals surface area contributed by atoms with E-state index in [1.165, 1.54) is 0 Å². The first-order valence-electron chi connectivity index (χ1n) is 3.51. The third kappa shape index (κ3) is 7.15. The Morgan fingerprint density at radius 3 is 1.58 bits per heavy atom. The molecular formula is C6H12N2O3P. The van der Waals surface area contributed by atoms with Crippen molar-refractivity contribution >= 4 is 19.6 Å². The summed E-state index contributed by atoms with van der Waals surface area (Å²) in [6, 6.07) is 0.